The van der Waals surface area contributed by atoms with Crippen LogP contribution in [0.3, 0.4) is 0 Å². The molecule has 2 amide bonds. The smallest absolute Gasteiger partial charge is 0.323 e. The van der Waals surface area contributed by atoms with Crippen molar-refractivity contribution in [2.75, 3.05) is 6.54 Å². The molecule has 0 bridgehead atoms. The van der Waals surface area contributed by atoms with Gasteiger partial charge in [-0.15, -0.1) is 0 Å². The molecule has 1 aromatic heterocycles. The minimum atomic E-state index is -1.04. The number of urea groups is 1. The van der Waals surface area contributed by atoms with Gasteiger partial charge in [-0.3, -0.25) is 4.79 Å². The van der Waals surface area contributed by atoms with Gasteiger partial charge in [-0.1, -0.05) is 6.92 Å². The van der Waals surface area contributed by atoms with Crippen LogP contribution in [0.15, 0.2) is 12.4 Å². The van der Waals surface area contributed by atoms with Gasteiger partial charge in [0.1, 0.15) is 12.4 Å². The number of hydrogen-bond acceptors (Lipinski definition) is 3. The van der Waals surface area contributed by atoms with Crippen LogP contribution in [0.1, 0.15) is 46.0 Å². The van der Waals surface area contributed by atoms with Gasteiger partial charge < -0.3 is 20.3 Å². The normalized spacial score (nSPS) is 12.8. The first-order valence-corrected chi connectivity index (χ1v) is 6.55. The van der Waals surface area contributed by atoms with Crippen LogP contribution < -0.4 is 5.32 Å². The van der Waals surface area contributed by atoms with Crippen LogP contribution in [0.5, 0.6) is 0 Å². The highest BCUT2D eigenvalue weighted by Crippen LogP contribution is 2.16. The molecule has 20 heavy (non-hydrogen) atoms. The Hall–Kier alpha value is -2.05. The lowest BCUT2D eigenvalue weighted by Crippen LogP contribution is -2.53. The molecule has 0 saturated carbocycles. The average Bonchev–Trinajstić information content (AvgIpc) is 2.84. The zero-order chi connectivity index (χ0) is 15.3. The molecule has 0 spiro atoms. The lowest BCUT2D eigenvalue weighted by atomic mass is 10.1. The number of H-pyrrole nitrogens is 1. The summed E-state index contributed by atoms with van der Waals surface area (Å²) in [5.74, 6) is -0.383. The fourth-order valence-corrected chi connectivity index (χ4v) is 1.81. The van der Waals surface area contributed by atoms with Gasteiger partial charge >= 0.3 is 12.0 Å². The minimum Gasteiger partial charge on any atom is -0.480 e. The van der Waals surface area contributed by atoms with Crippen molar-refractivity contribution in [2.45, 2.75) is 45.7 Å². The van der Waals surface area contributed by atoms with Crippen LogP contribution in [0, 0.1) is 0 Å². The molecule has 1 heterocycles. The number of nitrogens with one attached hydrogen (secondary N) is 2. The van der Waals surface area contributed by atoms with Gasteiger partial charge in [0.15, 0.2) is 0 Å². The van der Waals surface area contributed by atoms with Crippen LogP contribution in [-0.2, 0) is 4.79 Å². The molecule has 0 radical (unpaired) electrons. The molecule has 7 nitrogen and oxygen atoms in total. The van der Waals surface area contributed by atoms with Gasteiger partial charge in [-0.05, 0) is 27.2 Å². The average molecular weight is 282 g/mol. The summed E-state index contributed by atoms with van der Waals surface area (Å²) in [4.78, 5) is 31.6. The number of imidazole rings is 1. The van der Waals surface area contributed by atoms with Crippen molar-refractivity contribution >= 4 is 12.0 Å². The third kappa shape index (κ3) is 4.25. The van der Waals surface area contributed by atoms with E-state index in [2.05, 4.69) is 15.3 Å². The first-order valence-electron chi connectivity index (χ1n) is 6.55. The van der Waals surface area contributed by atoms with Crippen molar-refractivity contribution in [3.05, 3.63) is 18.2 Å². The Bertz CT molecular complexity index is 451. The third-order valence-corrected chi connectivity index (χ3v) is 2.90. The van der Waals surface area contributed by atoms with Crippen molar-refractivity contribution in [1.82, 2.24) is 20.2 Å². The van der Waals surface area contributed by atoms with Crippen molar-refractivity contribution in [2.24, 2.45) is 0 Å². The summed E-state index contributed by atoms with van der Waals surface area (Å²) in [5, 5.41) is 11.7. The Morgan fingerprint density at radius 1 is 1.50 bits per heavy atom. The second kappa shape index (κ2) is 6.40. The summed E-state index contributed by atoms with van der Waals surface area (Å²) in [6.45, 7) is 6.96. The number of amides is 2. The van der Waals surface area contributed by atoms with E-state index in [1.807, 2.05) is 6.92 Å². The van der Waals surface area contributed by atoms with Crippen molar-refractivity contribution in [3.63, 3.8) is 0 Å². The van der Waals surface area contributed by atoms with Crippen molar-refractivity contribution < 1.29 is 14.7 Å². The van der Waals surface area contributed by atoms with Crippen LogP contribution in [0.4, 0.5) is 4.79 Å². The standard InChI is InChI=1S/C13H22N4O3/c1-5-9(11-14-6-7-15-11)16-12(20)17(8-10(18)19)13(2,3)4/h6-7,9H,5,8H2,1-4H3,(H,14,15)(H,16,20)(H,18,19). The highest BCUT2D eigenvalue weighted by atomic mass is 16.4. The van der Waals surface area contributed by atoms with Crippen LogP contribution in [-0.4, -0.2) is 44.1 Å². The number of hydrogen-bond donors (Lipinski definition) is 3. The summed E-state index contributed by atoms with van der Waals surface area (Å²) in [7, 11) is 0. The Kier molecular flexibility index (Phi) is 5.12. The number of aromatic amines is 1. The van der Waals surface area contributed by atoms with E-state index >= 15 is 0 Å². The molecule has 3 N–H and O–H groups in total. The number of rotatable bonds is 5. The van der Waals surface area contributed by atoms with Crippen LogP contribution in [0.25, 0.3) is 0 Å². The van der Waals surface area contributed by atoms with E-state index in [1.54, 1.807) is 33.2 Å². The summed E-state index contributed by atoms with van der Waals surface area (Å²) in [5.41, 5.74) is -0.579. The monoisotopic (exact) mass is 282 g/mol. The van der Waals surface area contributed by atoms with Crippen molar-refractivity contribution in [1.29, 1.82) is 0 Å². The maximum absolute atomic E-state index is 12.3. The van der Waals surface area contributed by atoms with Crippen LogP contribution >= 0.6 is 0 Å². The third-order valence-electron chi connectivity index (χ3n) is 2.90. The van der Waals surface area contributed by atoms with Crippen LogP contribution in [0.2, 0.25) is 0 Å². The maximum atomic E-state index is 12.3. The SMILES string of the molecule is CCC(NC(=O)N(CC(=O)O)C(C)(C)C)c1ncc[nH]1. The Morgan fingerprint density at radius 2 is 2.15 bits per heavy atom. The summed E-state index contributed by atoms with van der Waals surface area (Å²) < 4.78 is 0. The zero-order valence-electron chi connectivity index (χ0n) is 12.3. The van der Waals surface area contributed by atoms with E-state index in [-0.39, 0.29) is 12.6 Å². The number of aliphatic carboxylic acids is 1. The molecule has 1 rings (SSSR count). The molecule has 7 heteroatoms. The van der Waals surface area contributed by atoms with Gasteiger partial charge in [0.2, 0.25) is 0 Å². The molecule has 0 aromatic carbocycles. The molecule has 1 aromatic rings. The fraction of sp³-hybridized carbons (Fsp3) is 0.615. The second-order valence-electron chi connectivity index (χ2n) is 5.54. The quantitative estimate of drug-likeness (QED) is 0.766. The lowest BCUT2D eigenvalue weighted by Gasteiger charge is -2.35. The van der Waals surface area contributed by atoms with E-state index in [0.29, 0.717) is 12.2 Å². The number of carbonyl (C=O) groups excluding carboxylic acids is 1. The molecule has 0 saturated heterocycles. The predicted molar refractivity (Wildman–Crippen MR) is 74.2 cm³/mol. The largest absolute Gasteiger partial charge is 0.480 e. The summed E-state index contributed by atoms with van der Waals surface area (Å²) in [6, 6.07) is -0.681. The molecule has 1 unspecified atom stereocenters. The lowest BCUT2D eigenvalue weighted by molar-refractivity contribution is -0.138. The van der Waals surface area contributed by atoms with E-state index in [4.69, 9.17) is 5.11 Å². The van der Waals surface area contributed by atoms with E-state index in [1.165, 1.54) is 4.90 Å². The highest BCUT2D eigenvalue weighted by Gasteiger charge is 2.30. The number of carbonyl (C=O) groups is 2. The highest BCUT2D eigenvalue weighted by molar-refractivity contribution is 5.81. The molecule has 112 valence electrons. The van der Waals surface area contributed by atoms with Gasteiger partial charge in [-0.2, -0.15) is 0 Å². The van der Waals surface area contributed by atoms with Crippen molar-refractivity contribution in [3.8, 4) is 0 Å². The van der Waals surface area contributed by atoms with Gasteiger partial charge in [0.05, 0.1) is 6.04 Å². The van der Waals surface area contributed by atoms with E-state index in [9.17, 15) is 9.59 Å². The number of nitrogens with zero attached hydrogens (tertiary/aromatic N) is 2. The Morgan fingerprint density at radius 3 is 2.55 bits per heavy atom. The van der Waals surface area contributed by atoms with Gasteiger partial charge in [-0.25, -0.2) is 9.78 Å². The van der Waals surface area contributed by atoms with E-state index in [0.717, 1.165) is 0 Å². The molecular weight excluding hydrogens is 260 g/mol. The molecular formula is C13H22N4O3. The van der Waals surface area contributed by atoms with Gasteiger partial charge in [0.25, 0.3) is 0 Å². The molecule has 0 aliphatic carbocycles. The first kappa shape index (κ1) is 16.0. The molecule has 0 aliphatic rings. The maximum Gasteiger partial charge on any atom is 0.323 e. The first-order chi connectivity index (χ1) is 9.25. The predicted octanol–water partition coefficient (Wildman–Crippen LogP) is 1.76. The van der Waals surface area contributed by atoms with E-state index < -0.39 is 17.5 Å². The number of carboxylic acids is 1. The fourth-order valence-electron chi connectivity index (χ4n) is 1.81. The Balaban J connectivity index is 2.82. The Labute approximate surface area is 118 Å². The number of carboxylic acid groups (broad SMARTS) is 1. The minimum absolute atomic E-state index is 0.267. The second-order valence-corrected chi connectivity index (χ2v) is 5.54. The van der Waals surface area contributed by atoms with Gasteiger partial charge in [0, 0.05) is 17.9 Å². The summed E-state index contributed by atoms with van der Waals surface area (Å²) in [6.07, 6.45) is 3.95. The number of aromatic nitrogens is 2. The zero-order valence-corrected chi connectivity index (χ0v) is 12.3. The molecule has 0 fully saturated rings. The molecule has 1 atom stereocenters. The topological polar surface area (TPSA) is 98.3 Å². The summed E-state index contributed by atoms with van der Waals surface area (Å²) >= 11 is 0. The molecule has 0 aliphatic heterocycles.